The van der Waals surface area contributed by atoms with Crippen molar-refractivity contribution >= 4 is 17.3 Å². The average molecular weight is 245 g/mol. The van der Waals surface area contributed by atoms with Crippen molar-refractivity contribution in [2.24, 2.45) is 5.73 Å². The smallest absolute Gasteiger partial charge is 0.250 e. The van der Waals surface area contributed by atoms with Gasteiger partial charge in [0.05, 0.1) is 23.2 Å². The van der Waals surface area contributed by atoms with Crippen LogP contribution in [0.25, 0.3) is 0 Å². The van der Waals surface area contributed by atoms with Gasteiger partial charge in [0, 0.05) is 13.0 Å². The third-order valence-electron chi connectivity index (χ3n) is 2.64. The van der Waals surface area contributed by atoms with Crippen LogP contribution in [0.15, 0.2) is 41.0 Å². The van der Waals surface area contributed by atoms with Crippen LogP contribution in [0.1, 0.15) is 16.1 Å². The lowest BCUT2D eigenvalue weighted by Gasteiger charge is -2.10. The molecule has 0 fully saturated rings. The number of anilines is 2. The van der Waals surface area contributed by atoms with Crippen molar-refractivity contribution in [2.45, 2.75) is 6.42 Å². The van der Waals surface area contributed by atoms with Gasteiger partial charge in [0.1, 0.15) is 5.76 Å². The molecular formula is C13H15N3O2. The van der Waals surface area contributed by atoms with Crippen LogP contribution < -0.4 is 16.8 Å². The van der Waals surface area contributed by atoms with Crippen molar-refractivity contribution in [2.75, 3.05) is 17.6 Å². The summed E-state index contributed by atoms with van der Waals surface area (Å²) >= 11 is 0. The van der Waals surface area contributed by atoms with Gasteiger partial charge < -0.3 is 21.2 Å². The second-order valence-corrected chi connectivity index (χ2v) is 3.89. The molecule has 0 aliphatic carbocycles. The summed E-state index contributed by atoms with van der Waals surface area (Å²) in [5.41, 5.74) is 12.5. The fraction of sp³-hybridized carbons (Fsp3) is 0.154. The maximum atomic E-state index is 11.1. The van der Waals surface area contributed by atoms with Crippen molar-refractivity contribution < 1.29 is 9.21 Å². The fourth-order valence-corrected chi connectivity index (χ4v) is 1.71. The molecule has 0 aliphatic rings. The molecule has 2 rings (SSSR count). The molecule has 1 aromatic heterocycles. The molecule has 5 nitrogen and oxygen atoms in total. The van der Waals surface area contributed by atoms with Crippen LogP contribution in [0.3, 0.4) is 0 Å². The second kappa shape index (κ2) is 5.27. The number of hydrogen-bond acceptors (Lipinski definition) is 4. The van der Waals surface area contributed by atoms with Gasteiger partial charge in [-0.25, -0.2) is 0 Å². The zero-order valence-electron chi connectivity index (χ0n) is 9.85. The number of rotatable bonds is 5. The van der Waals surface area contributed by atoms with E-state index < -0.39 is 5.91 Å². The minimum atomic E-state index is -0.526. The Morgan fingerprint density at radius 2 is 2.11 bits per heavy atom. The number of carbonyl (C=O) groups excluding carboxylic acids is 1. The summed E-state index contributed by atoms with van der Waals surface area (Å²) in [7, 11) is 0. The van der Waals surface area contributed by atoms with Crippen molar-refractivity contribution in [3.05, 3.63) is 47.9 Å². The molecule has 5 N–H and O–H groups in total. The van der Waals surface area contributed by atoms with Gasteiger partial charge in [-0.1, -0.05) is 6.07 Å². The van der Waals surface area contributed by atoms with E-state index in [0.29, 0.717) is 23.5 Å². The number of nitrogens with one attached hydrogen (secondary N) is 1. The highest BCUT2D eigenvalue weighted by Gasteiger charge is 2.08. The molecular weight excluding hydrogens is 230 g/mol. The van der Waals surface area contributed by atoms with Crippen LogP contribution >= 0.6 is 0 Å². The van der Waals surface area contributed by atoms with Gasteiger partial charge in [0.2, 0.25) is 0 Å². The molecule has 0 saturated heterocycles. The molecule has 0 spiro atoms. The molecule has 0 atom stereocenters. The summed E-state index contributed by atoms with van der Waals surface area (Å²) in [5, 5.41) is 3.15. The summed E-state index contributed by atoms with van der Waals surface area (Å²) in [6.07, 6.45) is 2.38. The van der Waals surface area contributed by atoms with Crippen LogP contribution in [0.5, 0.6) is 0 Å². The standard InChI is InChI=1S/C13H15N3O2/c14-12-10(13(15)17)4-1-5-11(12)16-7-6-9-3-2-8-18-9/h1-5,8,16H,6-7,14H2,(H2,15,17). The Balaban J connectivity index is 2.01. The first-order chi connectivity index (χ1) is 8.68. The van der Waals surface area contributed by atoms with Gasteiger partial charge in [-0.2, -0.15) is 0 Å². The van der Waals surface area contributed by atoms with E-state index in [2.05, 4.69) is 5.32 Å². The topological polar surface area (TPSA) is 94.3 Å². The Labute approximate surface area is 105 Å². The summed E-state index contributed by atoms with van der Waals surface area (Å²) in [6, 6.07) is 8.91. The maximum absolute atomic E-state index is 11.1. The first kappa shape index (κ1) is 12.0. The molecule has 1 amide bonds. The summed E-state index contributed by atoms with van der Waals surface area (Å²) < 4.78 is 5.22. The number of carbonyl (C=O) groups is 1. The fourth-order valence-electron chi connectivity index (χ4n) is 1.71. The molecule has 5 heteroatoms. The molecule has 18 heavy (non-hydrogen) atoms. The average Bonchev–Trinajstić information content (AvgIpc) is 2.84. The number of amides is 1. The van der Waals surface area contributed by atoms with Crippen molar-refractivity contribution in [1.82, 2.24) is 0 Å². The highest BCUT2D eigenvalue weighted by atomic mass is 16.3. The van der Waals surface area contributed by atoms with Gasteiger partial charge in [0.15, 0.2) is 0 Å². The minimum Gasteiger partial charge on any atom is -0.469 e. The van der Waals surface area contributed by atoms with E-state index in [1.165, 1.54) is 0 Å². The minimum absolute atomic E-state index is 0.331. The molecule has 1 heterocycles. The molecule has 0 saturated carbocycles. The van der Waals surface area contributed by atoms with Crippen LogP contribution in [0, 0.1) is 0 Å². The largest absolute Gasteiger partial charge is 0.469 e. The number of furan rings is 1. The zero-order valence-corrected chi connectivity index (χ0v) is 9.85. The van der Waals surface area contributed by atoms with E-state index in [4.69, 9.17) is 15.9 Å². The predicted molar refractivity (Wildman–Crippen MR) is 70.3 cm³/mol. The molecule has 0 unspecified atom stereocenters. The molecule has 0 aliphatic heterocycles. The second-order valence-electron chi connectivity index (χ2n) is 3.89. The highest BCUT2D eigenvalue weighted by Crippen LogP contribution is 2.22. The van der Waals surface area contributed by atoms with Crippen LogP contribution in [-0.4, -0.2) is 12.5 Å². The molecule has 94 valence electrons. The van der Waals surface area contributed by atoms with Gasteiger partial charge in [-0.05, 0) is 24.3 Å². The third kappa shape index (κ3) is 2.63. The third-order valence-corrected chi connectivity index (χ3v) is 2.64. The SMILES string of the molecule is NC(=O)c1cccc(NCCc2ccco2)c1N. The quantitative estimate of drug-likeness (QED) is 0.697. The van der Waals surface area contributed by atoms with E-state index in [1.807, 2.05) is 18.2 Å². The van der Waals surface area contributed by atoms with Crippen LogP contribution in [-0.2, 0) is 6.42 Å². The number of para-hydroxylation sites is 1. The van der Waals surface area contributed by atoms with Crippen LogP contribution in [0.2, 0.25) is 0 Å². The Morgan fingerprint density at radius 1 is 1.28 bits per heavy atom. The molecule has 1 aromatic carbocycles. The van der Waals surface area contributed by atoms with Crippen molar-refractivity contribution in [1.29, 1.82) is 0 Å². The Hall–Kier alpha value is -2.43. The van der Waals surface area contributed by atoms with E-state index in [1.54, 1.807) is 18.4 Å². The highest BCUT2D eigenvalue weighted by molar-refractivity contribution is 6.00. The van der Waals surface area contributed by atoms with Gasteiger partial charge in [0.25, 0.3) is 5.91 Å². The summed E-state index contributed by atoms with van der Waals surface area (Å²) in [6.45, 7) is 0.667. The predicted octanol–water partition coefficient (Wildman–Crippen LogP) is 1.62. The Bertz CT molecular complexity index is 535. The van der Waals surface area contributed by atoms with Gasteiger partial charge in [-0.15, -0.1) is 0 Å². The van der Waals surface area contributed by atoms with Crippen molar-refractivity contribution in [3.8, 4) is 0 Å². The lowest BCUT2D eigenvalue weighted by molar-refractivity contribution is 0.100. The molecule has 0 radical (unpaired) electrons. The van der Waals surface area contributed by atoms with Crippen LogP contribution in [0.4, 0.5) is 11.4 Å². The van der Waals surface area contributed by atoms with E-state index in [0.717, 1.165) is 12.2 Å². The van der Waals surface area contributed by atoms with Gasteiger partial charge >= 0.3 is 0 Å². The lowest BCUT2D eigenvalue weighted by Crippen LogP contribution is -2.15. The normalized spacial score (nSPS) is 10.2. The number of benzene rings is 1. The first-order valence-electron chi connectivity index (χ1n) is 5.63. The number of nitrogen functional groups attached to an aromatic ring is 1. The number of nitrogens with two attached hydrogens (primary N) is 2. The zero-order chi connectivity index (χ0) is 13.0. The Morgan fingerprint density at radius 3 is 2.78 bits per heavy atom. The summed E-state index contributed by atoms with van der Waals surface area (Å²) in [5.74, 6) is 0.370. The van der Waals surface area contributed by atoms with E-state index in [-0.39, 0.29) is 0 Å². The lowest BCUT2D eigenvalue weighted by atomic mass is 10.1. The van der Waals surface area contributed by atoms with E-state index in [9.17, 15) is 4.79 Å². The van der Waals surface area contributed by atoms with E-state index >= 15 is 0 Å². The summed E-state index contributed by atoms with van der Waals surface area (Å²) in [4.78, 5) is 11.1. The van der Waals surface area contributed by atoms with Gasteiger partial charge in [-0.3, -0.25) is 4.79 Å². The molecule has 2 aromatic rings. The number of primary amides is 1. The molecule has 0 bridgehead atoms. The van der Waals surface area contributed by atoms with Crippen molar-refractivity contribution in [3.63, 3.8) is 0 Å². The number of hydrogen-bond donors (Lipinski definition) is 3. The monoisotopic (exact) mass is 245 g/mol. The Kier molecular flexibility index (Phi) is 3.52. The maximum Gasteiger partial charge on any atom is 0.250 e. The first-order valence-corrected chi connectivity index (χ1v) is 5.63.